The molecule has 3 rings (SSSR count). The minimum absolute atomic E-state index is 0.128. The molecule has 0 fully saturated rings. The SMILES string of the molecule is COc1cc(/C=C\C(F)(F)F)ccc1C(=O)Nc1ccc2c(c1)OCCN2. The molecule has 2 aromatic carbocycles. The molecule has 0 spiro atoms. The molecule has 0 aliphatic carbocycles. The molecule has 5 nitrogen and oxygen atoms in total. The summed E-state index contributed by atoms with van der Waals surface area (Å²) in [6, 6.07) is 9.43. The fourth-order valence-corrected chi connectivity index (χ4v) is 2.60. The maximum absolute atomic E-state index is 12.5. The van der Waals surface area contributed by atoms with Crippen molar-refractivity contribution in [2.75, 3.05) is 30.9 Å². The number of amides is 1. The van der Waals surface area contributed by atoms with E-state index in [-0.39, 0.29) is 23.0 Å². The van der Waals surface area contributed by atoms with E-state index < -0.39 is 12.1 Å². The molecule has 0 bridgehead atoms. The van der Waals surface area contributed by atoms with Gasteiger partial charge in [-0.05, 0) is 35.9 Å². The highest BCUT2D eigenvalue weighted by molar-refractivity contribution is 6.06. The van der Waals surface area contributed by atoms with Crippen molar-refractivity contribution in [3.05, 3.63) is 53.6 Å². The van der Waals surface area contributed by atoms with Crippen LogP contribution in [0.5, 0.6) is 11.5 Å². The standard InChI is InChI=1S/C19H17F3N2O3/c1-26-16-10-12(6-7-19(20,21)22)2-4-14(16)18(25)24-13-3-5-15-17(11-13)27-9-8-23-15/h2-7,10-11,23H,8-9H2,1H3,(H,24,25)/b7-6-. The molecule has 8 heteroatoms. The Kier molecular flexibility index (Phi) is 5.25. The summed E-state index contributed by atoms with van der Waals surface area (Å²) in [6.07, 6.45) is -3.37. The van der Waals surface area contributed by atoms with Crippen LogP contribution in [0.3, 0.4) is 0 Å². The summed E-state index contributed by atoms with van der Waals surface area (Å²) in [6.45, 7) is 1.25. The average molecular weight is 378 g/mol. The molecule has 1 heterocycles. The number of benzene rings is 2. The van der Waals surface area contributed by atoms with Crippen LogP contribution in [0.15, 0.2) is 42.5 Å². The quantitative estimate of drug-likeness (QED) is 0.832. The van der Waals surface area contributed by atoms with Gasteiger partial charge < -0.3 is 20.1 Å². The Balaban J connectivity index is 1.79. The van der Waals surface area contributed by atoms with Crippen molar-refractivity contribution in [1.29, 1.82) is 0 Å². The van der Waals surface area contributed by atoms with Gasteiger partial charge in [0.2, 0.25) is 0 Å². The number of rotatable bonds is 4. The number of carbonyl (C=O) groups is 1. The zero-order chi connectivity index (χ0) is 19.4. The van der Waals surface area contributed by atoms with Gasteiger partial charge in [0, 0.05) is 24.4 Å². The molecule has 0 saturated heterocycles. The number of hydrogen-bond acceptors (Lipinski definition) is 4. The minimum atomic E-state index is -4.41. The van der Waals surface area contributed by atoms with E-state index in [9.17, 15) is 18.0 Å². The second-order valence-corrected chi connectivity index (χ2v) is 5.77. The van der Waals surface area contributed by atoms with Crippen LogP contribution in [0.2, 0.25) is 0 Å². The van der Waals surface area contributed by atoms with Gasteiger partial charge in [0.25, 0.3) is 5.91 Å². The maximum atomic E-state index is 12.5. The van der Waals surface area contributed by atoms with Crippen LogP contribution in [0, 0.1) is 0 Å². The normalized spacial score (nSPS) is 13.5. The molecular formula is C19H17F3N2O3. The number of halogens is 3. The summed E-state index contributed by atoms with van der Waals surface area (Å²) in [5, 5.41) is 5.91. The highest BCUT2D eigenvalue weighted by Crippen LogP contribution is 2.31. The van der Waals surface area contributed by atoms with E-state index in [1.165, 1.54) is 25.3 Å². The Morgan fingerprint density at radius 2 is 2.07 bits per heavy atom. The number of fused-ring (bicyclic) bond motifs is 1. The van der Waals surface area contributed by atoms with Gasteiger partial charge in [-0.25, -0.2) is 0 Å². The van der Waals surface area contributed by atoms with Crippen molar-refractivity contribution in [3.8, 4) is 11.5 Å². The lowest BCUT2D eigenvalue weighted by atomic mass is 10.1. The van der Waals surface area contributed by atoms with Gasteiger partial charge in [-0.3, -0.25) is 4.79 Å². The predicted molar refractivity (Wildman–Crippen MR) is 96.5 cm³/mol. The number of allylic oxidation sites excluding steroid dienone is 1. The Bertz CT molecular complexity index is 879. The third kappa shape index (κ3) is 4.72. The van der Waals surface area contributed by atoms with Gasteiger partial charge >= 0.3 is 6.18 Å². The van der Waals surface area contributed by atoms with Gasteiger partial charge in [0.15, 0.2) is 0 Å². The molecule has 1 aliphatic heterocycles. The summed E-state index contributed by atoms with van der Waals surface area (Å²) in [5.41, 5.74) is 1.86. The van der Waals surface area contributed by atoms with Gasteiger partial charge in [0.05, 0.1) is 18.4 Å². The third-order valence-electron chi connectivity index (χ3n) is 3.85. The number of ether oxygens (including phenoxy) is 2. The lowest BCUT2D eigenvalue weighted by Gasteiger charge is -2.20. The van der Waals surface area contributed by atoms with Gasteiger partial charge in [-0.15, -0.1) is 0 Å². The van der Waals surface area contributed by atoms with Crippen molar-refractivity contribution in [3.63, 3.8) is 0 Å². The monoisotopic (exact) mass is 378 g/mol. The van der Waals surface area contributed by atoms with Gasteiger partial charge in [0.1, 0.15) is 18.1 Å². The third-order valence-corrected chi connectivity index (χ3v) is 3.85. The highest BCUT2D eigenvalue weighted by Gasteiger charge is 2.22. The lowest BCUT2D eigenvalue weighted by Crippen LogP contribution is -2.18. The van der Waals surface area contributed by atoms with Gasteiger partial charge in [-0.2, -0.15) is 13.2 Å². The van der Waals surface area contributed by atoms with Crippen LogP contribution in [-0.4, -0.2) is 32.3 Å². The van der Waals surface area contributed by atoms with Crippen LogP contribution in [0.4, 0.5) is 24.5 Å². The van der Waals surface area contributed by atoms with E-state index in [1.54, 1.807) is 18.2 Å². The summed E-state index contributed by atoms with van der Waals surface area (Å²) in [7, 11) is 1.35. The molecule has 0 saturated carbocycles. The van der Waals surface area contributed by atoms with Crippen molar-refractivity contribution in [1.82, 2.24) is 0 Å². The predicted octanol–water partition coefficient (Wildman–Crippen LogP) is 4.33. The molecule has 2 aromatic rings. The number of anilines is 2. The first kappa shape index (κ1) is 18.6. The van der Waals surface area contributed by atoms with E-state index in [0.29, 0.717) is 24.6 Å². The first-order chi connectivity index (χ1) is 12.9. The molecule has 1 amide bonds. The zero-order valence-corrected chi connectivity index (χ0v) is 14.4. The fraction of sp³-hybridized carbons (Fsp3) is 0.211. The van der Waals surface area contributed by atoms with Crippen LogP contribution < -0.4 is 20.1 Å². The van der Waals surface area contributed by atoms with E-state index in [4.69, 9.17) is 9.47 Å². The topological polar surface area (TPSA) is 59.6 Å². The molecule has 0 atom stereocenters. The van der Waals surface area contributed by atoms with E-state index in [1.807, 2.05) is 0 Å². The number of methoxy groups -OCH3 is 1. The molecule has 27 heavy (non-hydrogen) atoms. The second kappa shape index (κ2) is 7.61. The van der Waals surface area contributed by atoms with E-state index >= 15 is 0 Å². The number of hydrogen-bond donors (Lipinski definition) is 2. The van der Waals surface area contributed by atoms with E-state index in [0.717, 1.165) is 11.8 Å². The first-order valence-corrected chi connectivity index (χ1v) is 8.12. The second-order valence-electron chi connectivity index (χ2n) is 5.77. The molecule has 2 N–H and O–H groups in total. The maximum Gasteiger partial charge on any atom is 0.409 e. The average Bonchev–Trinajstić information content (AvgIpc) is 2.65. The summed E-state index contributed by atoms with van der Waals surface area (Å²) < 4.78 is 47.6. The smallest absolute Gasteiger partial charge is 0.409 e. The molecule has 142 valence electrons. The van der Waals surface area contributed by atoms with Gasteiger partial charge in [-0.1, -0.05) is 6.07 Å². The van der Waals surface area contributed by atoms with Crippen LogP contribution in [0.25, 0.3) is 6.08 Å². The Labute approximate surface area is 153 Å². The summed E-state index contributed by atoms with van der Waals surface area (Å²) in [4.78, 5) is 12.5. The van der Waals surface area contributed by atoms with Crippen molar-refractivity contribution in [2.45, 2.75) is 6.18 Å². The minimum Gasteiger partial charge on any atom is -0.496 e. The Hall–Kier alpha value is -3.16. The zero-order valence-electron chi connectivity index (χ0n) is 14.4. The number of nitrogens with one attached hydrogen (secondary N) is 2. The summed E-state index contributed by atoms with van der Waals surface area (Å²) >= 11 is 0. The molecule has 0 unspecified atom stereocenters. The van der Waals surface area contributed by atoms with Crippen molar-refractivity contribution >= 4 is 23.4 Å². The molecule has 0 aromatic heterocycles. The number of carbonyl (C=O) groups excluding carboxylic acids is 1. The summed E-state index contributed by atoms with van der Waals surface area (Å²) in [5.74, 6) is 0.369. The Morgan fingerprint density at radius 1 is 1.26 bits per heavy atom. The Morgan fingerprint density at radius 3 is 2.81 bits per heavy atom. The van der Waals surface area contributed by atoms with Crippen molar-refractivity contribution in [2.24, 2.45) is 0 Å². The molecule has 1 aliphatic rings. The van der Waals surface area contributed by atoms with E-state index in [2.05, 4.69) is 10.6 Å². The first-order valence-electron chi connectivity index (χ1n) is 8.12. The molecule has 0 radical (unpaired) electrons. The van der Waals surface area contributed by atoms with Crippen molar-refractivity contribution < 1.29 is 27.4 Å². The highest BCUT2D eigenvalue weighted by atomic mass is 19.4. The lowest BCUT2D eigenvalue weighted by molar-refractivity contribution is -0.0790. The largest absolute Gasteiger partial charge is 0.496 e. The van der Waals surface area contributed by atoms with Crippen LogP contribution in [-0.2, 0) is 0 Å². The molecular weight excluding hydrogens is 361 g/mol. The van der Waals surface area contributed by atoms with Crippen LogP contribution in [0.1, 0.15) is 15.9 Å². The van der Waals surface area contributed by atoms with Crippen LogP contribution >= 0.6 is 0 Å². The fourth-order valence-electron chi connectivity index (χ4n) is 2.60. The number of alkyl halides is 3.